The van der Waals surface area contributed by atoms with Crippen molar-refractivity contribution >= 4 is 40.1 Å². The Balaban J connectivity index is 2.06. The molecule has 0 bridgehead atoms. The summed E-state index contributed by atoms with van der Waals surface area (Å²) in [6.07, 6.45) is -4.83. The molecule has 1 heterocycles. The van der Waals surface area contributed by atoms with Crippen LogP contribution < -0.4 is 4.74 Å². The highest BCUT2D eigenvalue weighted by Crippen LogP contribution is 2.30. The SMILES string of the molecule is O=C(O)c1cc2cc(OC(F)(F)F)ccc2n1Cc1ccc(Cl)c(Cl)c1. The molecule has 0 unspecified atom stereocenters. The second-order valence-electron chi connectivity index (χ2n) is 5.44. The van der Waals surface area contributed by atoms with Gasteiger partial charge in [0.2, 0.25) is 0 Å². The van der Waals surface area contributed by atoms with E-state index in [0.717, 1.165) is 12.1 Å². The lowest BCUT2D eigenvalue weighted by Crippen LogP contribution is -2.17. The van der Waals surface area contributed by atoms with Crippen molar-refractivity contribution in [2.75, 3.05) is 0 Å². The maximum atomic E-state index is 12.4. The fraction of sp³-hybridized carbons (Fsp3) is 0.118. The molecule has 0 aliphatic carbocycles. The van der Waals surface area contributed by atoms with Gasteiger partial charge < -0.3 is 14.4 Å². The first-order valence-corrected chi connectivity index (χ1v) is 7.96. The number of ether oxygens (including phenoxy) is 1. The minimum absolute atomic E-state index is 0.0739. The predicted molar refractivity (Wildman–Crippen MR) is 91.1 cm³/mol. The topological polar surface area (TPSA) is 51.5 Å². The molecule has 0 aliphatic rings. The fourth-order valence-corrected chi connectivity index (χ4v) is 2.93. The molecule has 2 aromatic carbocycles. The summed E-state index contributed by atoms with van der Waals surface area (Å²) in [6, 6.07) is 9.81. The zero-order chi connectivity index (χ0) is 19.1. The summed E-state index contributed by atoms with van der Waals surface area (Å²) in [5.74, 6) is -1.63. The van der Waals surface area contributed by atoms with Crippen molar-refractivity contribution in [1.82, 2.24) is 4.57 Å². The lowest BCUT2D eigenvalue weighted by molar-refractivity contribution is -0.274. The van der Waals surface area contributed by atoms with Gasteiger partial charge in [-0.3, -0.25) is 0 Å². The van der Waals surface area contributed by atoms with Crippen LogP contribution in [0.5, 0.6) is 5.75 Å². The molecule has 1 aromatic heterocycles. The smallest absolute Gasteiger partial charge is 0.477 e. The van der Waals surface area contributed by atoms with Crippen LogP contribution in [0, 0.1) is 0 Å². The molecule has 26 heavy (non-hydrogen) atoms. The number of fused-ring (bicyclic) bond motifs is 1. The third kappa shape index (κ3) is 3.89. The van der Waals surface area contributed by atoms with Gasteiger partial charge in [-0.1, -0.05) is 29.3 Å². The monoisotopic (exact) mass is 403 g/mol. The molecule has 0 fully saturated rings. The molecule has 0 atom stereocenters. The van der Waals surface area contributed by atoms with Crippen molar-refractivity contribution in [2.45, 2.75) is 12.9 Å². The number of hydrogen-bond acceptors (Lipinski definition) is 2. The number of aromatic nitrogens is 1. The van der Waals surface area contributed by atoms with Crippen LogP contribution in [0.4, 0.5) is 13.2 Å². The largest absolute Gasteiger partial charge is 0.573 e. The molecule has 136 valence electrons. The number of alkyl halides is 3. The first-order valence-electron chi connectivity index (χ1n) is 7.20. The van der Waals surface area contributed by atoms with Gasteiger partial charge in [0.05, 0.1) is 10.0 Å². The molecule has 0 saturated heterocycles. The molecule has 0 saturated carbocycles. The van der Waals surface area contributed by atoms with Crippen molar-refractivity contribution in [3.8, 4) is 5.75 Å². The summed E-state index contributed by atoms with van der Waals surface area (Å²) in [4.78, 5) is 11.5. The quantitative estimate of drug-likeness (QED) is 0.617. The molecule has 1 N–H and O–H groups in total. The maximum absolute atomic E-state index is 12.4. The van der Waals surface area contributed by atoms with E-state index in [1.807, 2.05) is 0 Å². The number of carboxylic acids is 1. The van der Waals surface area contributed by atoms with Crippen LogP contribution in [0.3, 0.4) is 0 Å². The van der Waals surface area contributed by atoms with E-state index < -0.39 is 18.1 Å². The summed E-state index contributed by atoms with van der Waals surface area (Å²) < 4.78 is 42.4. The molecule has 0 aliphatic heterocycles. The van der Waals surface area contributed by atoms with Gasteiger partial charge in [-0.2, -0.15) is 0 Å². The predicted octanol–water partition coefficient (Wildman–Crippen LogP) is 5.59. The van der Waals surface area contributed by atoms with Gasteiger partial charge in [-0.15, -0.1) is 13.2 Å². The highest BCUT2D eigenvalue weighted by Gasteiger charge is 2.31. The molecular formula is C17H10Cl2F3NO3. The van der Waals surface area contributed by atoms with Crippen LogP contribution in [0.15, 0.2) is 42.5 Å². The third-order valence-corrected chi connectivity index (χ3v) is 4.39. The maximum Gasteiger partial charge on any atom is 0.573 e. The number of carbonyl (C=O) groups is 1. The fourth-order valence-electron chi connectivity index (χ4n) is 2.61. The molecule has 0 radical (unpaired) electrons. The molecule has 0 amide bonds. The van der Waals surface area contributed by atoms with E-state index in [9.17, 15) is 23.1 Å². The van der Waals surface area contributed by atoms with E-state index in [0.29, 0.717) is 26.5 Å². The van der Waals surface area contributed by atoms with E-state index in [1.54, 1.807) is 18.2 Å². The lowest BCUT2D eigenvalue weighted by atomic mass is 10.2. The van der Waals surface area contributed by atoms with E-state index in [-0.39, 0.29) is 12.2 Å². The number of carboxylic acid groups (broad SMARTS) is 1. The highest BCUT2D eigenvalue weighted by molar-refractivity contribution is 6.42. The number of rotatable bonds is 4. The average Bonchev–Trinajstić information content (AvgIpc) is 2.87. The number of aromatic carboxylic acids is 1. The van der Waals surface area contributed by atoms with Crippen LogP contribution in [0.25, 0.3) is 10.9 Å². The molecule has 3 rings (SSSR count). The van der Waals surface area contributed by atoms with Crippen LogP contribution in [-0.2, 0) is 6.54 Å². The Bertz CT molecular complexity index is 999. The first kappa shape index (κ1) is 18.4. The summed E-state index contributed by atoms with van der Waals surface area (Å²) in [5.41, 5.74) is 1.06. The summed E-state index contributed by atoms with van der Waals surface area (Å²) in [5, 5.41) is 10.4. The van der Waals surface area contributed by atoms with Gasteiger partial charge in [0.25, 0.3) is 0 Å². The Hall–Kier alpha value is -2.38. The zero-order valence-electron chi connectivity index (χ0n) is 12.8. The Morgan fingerprint density at radius 1 is 1.08 bits per heavy atom. The van der Waals surface area contributed by atoms with Gasteiger partial charge in [-0.05, 0) is 42.0 Å². The zero-order valence-corrected chi connectivity index (χ0v) is 14.4. The van der Waals surface area contributed by atoms with Crippen molar-refractivity contribution in [3.05, 3.63) is 63.8 Å². The molecular weight excluding hydrogens is 394 g/mol. The van der Waals surface area contributed by atoms with Gasteiger partial charge >= 0.3 is 12.3 Å². The van der Waals surface area contributed by atoms with Crippen molar-refractivity contribution < 1.29 is 27.8 Å². The normalized spacial score (nSPS) is 11.7. The van der Waals surface area contributed by atoms with Crippen LogP contribution in [0.2, 0.25) is 10.0 Å². The van der Waals surface area contributed by atoms with Crippen LogP contribution >= 0.6 is 23.2 Å². The number of benzene rings is 2. The van der Waals surface area contributed by atoms with Crippen molar-refractivity contribution in [2.24, 2.45) is 0 Å². The number of hydrogen-bond donors (Lipinski definition) is 1. The van der Waals surface area contributed by atoms with Crippen LogP contribution in [-0.4, -0.2) is 22.0 Å². The molecule has 0 spiro atoms. The lowest BCUT2D eigenvalue weighted by Gasteiger charge is -2.11. The summed E-state index contributed by atoms with van der Waals surface area (Å²) in [6.45, 7) is 0.154. The average molecular weight is 404 g/mol. The first-order chi connectivity index (χ1) is 12.1. The van der Waals surface area contributed by atoms with Crippen molar-refractivity contribution in [1.29, 1.82) is 0 Å². The number of halogens is 5. The molecule has 4 nitrogen and oxygen atoms in total. The van der Waals surface area contributed by atoms with E-state index in [4.69, 9.17) is 23.2 Å². The van der Waals surface area contributed by atoms with Gasteiger partial charge in [0, 0.05) is 17.4 Å². The summed E-state index contributed by atoms with van der Waals surface area (Å²) in [7, 11) is 0. The minimum Gasteiger partial charge on any atom is -0.477 e. The second-order valence-corrected chi connectivity index (χ2v) is 6.25. The second kappa shape index (κ2) is 6.74. The van der Waals surface area contributed by atoms with Crippen LogP contribution in [0.1, 0.15) is 16.1 Å². The third-order valence-electron chi connectivity index (χ3n) is 3.65. The van der Waals surface area contributed by atoms with E-state index in [2.05, 4.69) is 4.74 Å². The standard InChI is InChI=1S/C17H10Cl2F3NO3/c18-12-3-1-9(5-13(12)19)8-23-14-4-2-11(26-17(20,21)22)6-10(14)7-15(23)16(24)25/h1-7H,8H2,(H,24,25). The number of nitrogens with zero attached hydrogens (tertiary/aromatic N) is 1. The van der Waals surface area contributed by atoms with E-state index in [1.165, 1.54) is 16.7 Å². The van der Waals surface area contributed by atoms with E-state index >= 15 is 0 Å². The Morgan fingerprint density at radius 2 is 1.81 bits per heavy atom. The van der Waals surface area contributed by atoms with Gasteiger partial charge in [0.15, 0.2) is 0 Å². The van der Waals surface area contributed by atoms with Gasteiger partial charge in [-0.25, -0.2) is 4.79 Å². The van der Waals surface area contributed by atoms with Gasteiger partial charge in [0.1, 0.15) is 11.4 Å². The summed E-state index contributed by atoms with van der Waals surface area (Å²) >= 11 is 11.8. The Morgan fingerprint density at radius 3 is 2.42 bits per heavy atom. The molecule has 9 heteroatoms. The Labute approximate surface area is 155 Å². The Kier molecular flexibility index (Phi) is 4.77. The van der Waals surface area contributed by atoms with Crippen molar-refractivity contribution in [3.63, 3.8) is 0 Å². The molecule has 3 aromatic rings. The highest BCUT2D eigenvalue weighted by atomic mass is 35.5. The minimum atomic E-state index is -4.83.